The van der Waals surface area contributed by atoms with Crippen molar-refractivity contribution < 1.29 is 4.79 Å². The zero-order chi connectivity index (χ0) is 9.90. The van der Waals surface area contributed by atoms with Crippen molar-refractivity contribution in [1.29, 1.82) is 0 Å². The first-order valence-electron chi connectivity index (χ1n) is 4.29. The van der Waals surface area contributed by atoms with Gasteiger partial charge in [0.05, 0.1) is 11.4 Å². The molecule has 1 N–H and O–H groups in total. The van der Waals surface area contributed by atoms with Crippen molar-refractivity contribution >= 4 is 17.5 Å². The second-order valence-electron chi connectivity index (χ2n) is 3.91. The highest BCUT2D eigenvalue weighted by Crippen LogP contribution is 2.23. The second-order valence-corrected chi connectivity index (χ2v) is 5.71. The molecule has 0 unspecified atom stereocenters. The van der Waals surface area contributed by atoms with Gasteiger partial charge >= 0.3 is 0 Å². The zero-order valence-corrected chi connectivity index (χ0v) is 9.07. The fourth-order valence-corrected chi connectivity index (χ4v) is 1.58. The van der Waals surface area contributed by atoms with Gasteiger partial charge in [0.15, 0.2) is 5.78 Å². The molecule has 0 amide bonds. The fourth-order valence-electron chi connectivity index (χ4n) is 0.864. The molecule has 0 fully saturated rings. The van der Waals surface area contributed by atoms with E-state index in [9.17, 15) is 4.79 Å². The average Bonchev–Trinajstić information content (AvgIpc) is 2.50. The van der Waals surface area contributed by atoms with Crippen LogP contribution in [0, 0.1) is 0 Å². The molecule has 0 aliphatic rings. The van der Waals surface area contributed by atoms with Crippen molar-refractivity contribution in [3.63, 3.8) is 0 Å². The van der Waals surface area contributed by atoms with E-state index in [0.717, 1.165) is 0 Å². The van der Waals surface area contributed by atoms with Crippen molar-refractivity contribution in [3.8, 4) is 0 Å². The first-order chi connectivity index (χ1) is 5.99. The number of hydrogen-bond donors (Lipinski definition) is 1. The minimum atomic E-state index is 0.155. The van der Waals surface area contributed by atoms with Crippen LogP contribution in [0.4, 0.5) is 0 Å². The SMILES string of the molecule is CC(C)(C)SCC(=O)c1ccc[nH]1. The van der Waals surface area contributed by atoms with E-state index < -0.39 is 0 Å². The van der Waals surface area contributed by atoms with Crippen molar-refractivity contribution in [2.75, 3.05) is 5.75 Å². The molecule has 3 heteroatoms. The molecule has 2 nitrogen and oxygen atoms in total. The monoisotopic (exact) mass is 197 g/mol. The first kappa shape index (κ1) is 10.4. The van der Waals surface area contributed by atoms with E-state index in [2.05, 4.69) is 25.8 Å². The van der Waals surface area contributed by atoms with Crippen LogP contribution in [-0.2, 0) is 0 Å². The summed E-state index contributed by atoms with van der Waals surface area (Å²) in [5, 5.41) is 0. The van der Waals surface area contributed by atoms with Crippen LogP contribution in [0.15, 0.2) is 18.3 Å². The largest absolute Gasteiger partial charge is 0.359 e. The average molecular weight is 197 g/mol. The van der Waals surface area contributed by atoms with Gasteiger partial charge in [-0.2, -0.15) is 0 Å². The lowest BCUT2D eigenvalue weighted by Crippen LogP contribution is -2.13. The molecule has 1 heterocycles. The summed E-state index contributed by atoms with van der Waals surface area (Å²) in [4.78, 5) is 14.4. The number of nitrogens with one attached hydrogen (secondary N) is 1. The first-order valence-corrected chi connectivity index (χ1v) is 5.28. The summed E-state index contributed by atoms with van der Waals surface area (Å²) in [5.74, 6) is 0.717. The summed E-state index contributed by atoms with van der Waals surface area (Å²) in [5.41, 5.74) is 0.705. The molecule has 0 spiro atoms. The lowest BCUT2D eigenvalue weighted by Gasteiger charge is -2.16. The Hall–Kier alpha value is -0.700. The molecule has 0 aliphatic carbocycles. The van der Waals surface area contributed by atoms with E-state index in [0.29, 0.717) is 11.4 Å². The van der Waals surface area contributed by atoms with E-state index in [4.69, 9.17) is 0 Å². The topological polar surface area (TPSA) is 32.9 Å². The Morgan fingerprint density at radius 3 is 2.69 bits per heavy atom. The van der Waals surface area contributed by atoms with Crippen LogP contribution in [0.25, 0.3) is 0 Å². The highest BCUT2D eigenvalue weighted by molar-refractivity contribution is 8.01. The Morgan fingerprint density at radius 1 is 1.54 bits per heavy atom. The van der Waals surface area contributed by atoms with Gasteiger partial charge in [-0.25, -0.2) is 0 Å². The van der Waals surface area contributed by atoms with Gasteiger partial charge in [-0.15, -0.1) is 11.8 Å². The number of hydrogen-bond acceptors (Lipinski definition) is 2. The van der Waals surface area contributed by atoms with Gasteiger partial charge in [-0.3, -0.25) is 4.79 Å². The third kappa shape index (κ3) is 3.68. The maximum Gasteiger partial charge on any atom is 0.188 e. The molecule has 0 saturated heterocycles. The van der Waals surface area contributed by atoms with Crippen molar-refractivity contribution in [2.45, 2.75) is 25.5 Å². The third-order valence-corrected chi connectivity index (χ3v) is 2.81. The van der Waals surface area contributed by atoms with Crippen LogP contribution in [0.5, 0.6) is 0 Å². The highest BCUT2D eigenvalue weighted by Gasteiger charge is 2.14. The highest BCUT2D eigenvalue weighted by atomic mass is 32.2. The van der Waals surface area contributed by atoms with Gasteiger partial charge in [0.25, 0.3) is 0 Å². The molecular weight excluding hydrogens is 182 g/mol. The minimum absolute atomic E-state index is 0.155. The number of Topliss-reactive ketones (excluding diaryl/α,β-unsaturated/α-hetero) is 1. The quantitative estimate of drug-likeness (QED) is 0.756. The Bertz CT molecular complexity index is 272. The summed E-state index contributed by atoms with van der Waals surface area (Å²) in [7, 11) is 0. The van der Waals surface area contributed by atoms with Gasteiger partial charge in [0.2, 0.25) is 0 Å². The van der Waals surface area contributed by atoms with Crippen LogP contribution >= 0.6 is 11.8 Å². The smallest absolute Gasteiger partial charge is 0.188 e. The summed E-state index contributed by atoms with van der Waals surface area (Å²) in [6.07, 6.45) is 1.77. The number of aromatic nitrogens is 1. The third-order valence-electron chi connectivity index (χ3n) is 1.53. The summed E-state index contributed by atoms with van der Waals surface area (Å²) < 4.78 is 0.155. The molecule has 13 heavy (non-hydrogen) atoms. The number of rotatable bonds is 3. The number of ketones is 1. The molecule has 1 rings (SSSR count). The zero-order valence-electron chi connectivity index (χ0n) is 8.26. The van der Waals surface area contributed by atoms with Crippen molar-refractivity contribution in [3.05, 3.63) is 24.0 Å². The van der Waals surface area contributed by atoms with Crippen LogP contribution < -0.4 is 0 Å². The van der Waals surface area contributed by atoms with Crippen molar-refractivity contribution in [2.24, 2.45) is 0 Å². The molecule has 1 aromatic heterocycles. The molecule has 0 bridgehead atoms. The van der Waals surface area contributed by atoms with E-state index in [1.165, 1.54) is 0 Å². The maximum atomic E-state index is 11.5. The van der Waals surface area contributed by atoms with Gasteiger partial charge < -0.3 is 4.98 Å². The Labute approximate surface area is 83.1 Å². The van der Waals surface area contributed by atoms with E-state index >= 15 is 0 Å². The standard InChI is InChI=1S/C10H15NOS/c1-10(2,3)13-7-9(12)8-5-4-6-11-8/h4-6,11H,7H2,1-3H3. The molecule has 0 saturated carbocycles. The minimum Gasteiger partial charge on any atom is -0.359 e. The van der Waals surface area contributed by atoms with Gasteiger partial charge in [-0.1, -0.05) is 20.8 Å². The summed E-state index contributed by atoms with van der Waals surface area (Å²) >= 11 is 1.67. The number of thioether (sulfide) groups is 1. The lowest BCUT2D eigenvalue weighted by atomic mass is 10.3. The Kier molecular flexibility index (Phi) is 3.20. The van der Waals surface area contributed by atoms with Gasteiger partial charge in [0.1, 0.15) is 0 Å². The molecule has 72 valence electrons. The van der Waals surface area contributed by atoms with Crippen molar-refractivity contribution in [1.82, 2.24) is 4.98 Å². The molecule has 0 aliphatic heterocycles. The lowest BCUT2D eigenvalue weighted by molar-refractivity contribution is 0.101. The molecule has 0 radical (unpaired) electrons. The number of aromatic amines is 1. The van der Waals surface area contributed by atoms with Gasteiger partial charge in [0, 0.05) is 10.9 Å². The summed E-state index contributed by atoms with van der Waals surface area (Å²) in [6, 6.07) is 3.65. The van der Waals surface area contributed by atoms with E-state index in [1.54, 1.807) is 18.0 Å². The fraction of sp³-hybridized carbons (Fsp3) is 0.500. The molecule has 1 aromatic rings. The maximum absolute atomic E-state index is 11.5. The van der Waals surface area contributed by atoms with Crippen LogP contribution in [-0.4, -0.2) is 21.3 Å². The van der Waals surface area contributed by atoms with E-state index in [-0.39, 0.29) is 10.5 Å². The predicted molar refractivity (Wildman–Crippen MR) is 57.3 cm³/mol. The molecule has 0 aromatic carbocycles. The molecular formula is C10H15NOS. The summed E-state index contributed by atoms with van der Waals surface area (Å²) in [6.45, 7) is 6.33. The second kappa shape index (κ2) is 4.01. The predicted octanol–water partition coefficient (Wildman–Crippen LogP) is 2.73. The molecule has 0 atom stereocenters. The van der Waals surface area contributed by atoms with Gasteiger partial charge in [-0.05, 0) is 12.1 Å². The van der Waals surface area contributed by atoms with Crippen LogP contribution in [0.1, 0.15) is 31.3 Å². The van der Waals surface area contributed by atoms with E-state index in [1.807, 2.05) is 12.1 Å². The van der Waals surface area contributed by atoms with Crippen LogP contribution in [0.2, 0.25) is 0 Å². The Morgan fingerprint density at radius 2 is 2.23 bits per heavy atom. The van der Waals surface area contributed by atoms with Crippen LogP contribution in [0.3, 0.4) is 0 Å². The normalized spacial score (nSPS) is 11.6. The number of H-pyrrole nitrogens is 1. The number of carbonyl (C=O) groups is 1. The number of carbonyl (C=O) groups excluding carboxylic acids is 1. The Balaban J connectivity index is 2.44.